The molecule has 0 aliphatic heterocycles. The first-order valence-electron chi connectivity index (χ1n) is 10.1. The maximum atomic E-state index is 12.8. The number of ether oxygens (including phenoxy) is 2. The van der Waals surface area contributed by atoms with Gasteiger partial charge in [0.1, 0.15) is 16.3 Å². The van der Waals surface area contributed by atoms with Crippen LogP contribution < -0.4 is 15.4 Å². The number of nitrogens with zero attached hydrogens (tertiary/aromatic N) is 2. The number of non-ortho nitro benzene ring substituents is 1. The Morgan fingerprint density at radius 3 is 2.43 bits per heavy atom. The molecule has 0 unspecified atom stereocenters. The molecule has 0 saturated heterocycles. The Hall–Kier alpha value is -4.71. The zero-order valence-corrected chi connectivity index (χ0v) is 19.3. The van der Waals surface area contributed by atoms with Crippen molar-refractivity contribution in [2.75, 3.05) is 17.7 Å². The van der Waals surface area contributed by atoms with Crippen molar-refractivity contribution in [3.8, 4) is 5.75 Å². The number of methoxy groups -OCH3 is 1. The zero-order valence-electron chi connectivity index (χ0n) is 18.4. The van der Waals surface area contributed by atoms with Crippen molar-refractivity contribution >= 4 is 56.5 Å². The van der Waals surface area contributed by atoms with Crippen LogP contribution in [0.15, 0.2) is 60.8 Å². The van der Waals surface area contributed by atoms with Gasteiger partial charge in [0.05, 0.1) is 17.7 Å². The first-order valence-corrected chi connectivity index (χ1v) is 10.9. The molecule has 2 aromatic heterocycles. The van der Waals surface area contributed by atoms with Gasteiger partial charge in [-0.15, -0.1) is 11.3 Å². The van der Waals surface area contributed by atoms with Crippen LogP contribution in [0.4, 0.5) is 21.9 Å². The molecule has 2 amide bonds. The second-order valence-corrected chi connectivity index (χ2v) is 8.38. The third-order valence-electron chi connectivity index (χ3n) is 4.90. The number of benzene rings is 2. The van der Waals surface area contributed by atoms with Gasteiger partial charge in [-0.05, 0) is 47.9 Å². The van der Waals surface area contributed by atoms with Crippen LogP contribution in [-0.4, -0.2) is 34.6 Å². The molecule has 2 aromatic carbocycles. The van der Waals surface area contributed by atoms with Crippen LogP contribution in [-0.2, 0) is 11.8 Å². The Morgan fingerprint density at radius 1 is 1.00 bits per heavy atom. The fraction of sp³-hybridized carbons (Fsp3) is 0.0870. The number of aromatic nitrogens is 1. The quantitative estimate of drug-likeness (QED) is 0.223. The summed E-state index contributed by atoms with van der Waals surface area (Å²) in [5.74, 6) is -0.707. The molecule has 4 rings (SSSR count). The van der Waals surface area contributed by atoms with E-state index in [1.807, 2.05) is 0 Å². The standard InChI is InChI=1S/C23H18N4O7S/c1-26-12-15(25-23(30)34-17-6-4-16(5-7-17)27(31)32)11-18(26)21(28)24-14-3-8-19-13(9-14)10-20(35-19)22(29)33-2/h3-12H,1-2H3,(H,24,28)(H,25,30). The van der Waals surface area contributed by atoms with Crippen molar-refractivity contribution in [2.24, 2.45) is 7.05 Å². The molecule has 0 aliphatic rings. The minimum absolute atomic E-state index is 0.126. The number of anilines is 2. The van der Waals surface area contributed by atoms with E-state index < -0.39 is 22.9 Å². The summed E-state index contributed by atoms with van der Waals surface area (Å²) < 4.78 is 12.3. The second-order valence-electron chi connectivity index (χ2n) is 7.30. The summed E-state index contributed by atoms with van der Waals surface area (Å²) in [5.41, 5.74) is 1.00. The van der Waals surface area contributed by atoms with E-state index in [0.717, 1.165) is 10.1 Å². The number of nitro benzene ring substituents is 1. The Labute approximate surface area is 202 Å². The Bertz CT molecular complexity index is 1460. The lowest BCUT2D eigenvalue weighted by Gasteiger charge is -2.06. The van der Waals surface area contributed by atoms with Crippen LogP contribution in [0.3, 0.4) is 0 Å². The molecule has 4 aromatic rings. The van der Waals surface area contributed by atoms with Gasteiger partial charge in [-0.2, -0.15) is 0 Å². The van der Waals surface area contributed by atoms with Crippen molar-refractivity contribution in [2.45, 2.75) is 0 Å². The van der Waals surface area contributed by atoms with Crippen molar-refractivity contribution < 1.29 is 28.8 Å². The number of carbonyl (C=O) groups excluding carboxylic acids is 3. The number of rotatable bonds is 6. The number of fused-ring (bicyclic) bond motifs is 1. The molecule has 2 heterocycles. The minimum Gasteiger partial charge on any atom is -0.465 e. The average molecular weight is 494 g/mol. The molecule has 0 radical (unpaired) electrons. The summed E-state index contributed by atoms with van der Waals surface area (Å²) in [6.45, 7) is 0. The van der Waals surface area contributed by atoms with E-state index in [-0.39, 0.29) is 17.1 Å². The van der Waals surface area contributed by atoms with E-state index in [9.17, 15) is 24.5 Å². The molecule has 178 valence electrons. The van der Waals surface area contributed by atoms with Gasteiger partial charge >= 0.3 is 12.1 Å². The lowest BCUT2D eigenvalue weighted by Crippen LogP contribution is -2.16. The number of thiophene rings is 1. The topological polar surface area (TPSA) is 142 Å². The van der Waals surface area contributed by atoms with Gasteiger partial charge in [-0.1, -0.05) is 0 Å². The number of carbonyl (C=O) groups is 3. The van der Waals surface area contributed by atoms with Gasteiger partial charge in [0.15, 0.2) is 0 Å². The smallest absolute Gasteiger partial charge is 0.417 e. The first-order chi connectivity index (χ1) is 16.7. The largest absolute Gasteiger partial charge is 0.465 e. The molecule has 0 bridgehead atoms. The van der Waals surface area contributed by atoms with E-state index >= 15 is 0 Å². The Morgan fingerprint density at radius 2 is 1.74 bits per heavy atom. The zero-order chi connectivity index (χ0) is 25.1. The molecule has 0 fully saturated rings. The van der Waals surface area contributed by atoms with Crippen molar-refractivity contribution in [1.29, 1.82) is 0 Å². The van der Waals surface area contributed by atoms with Crippen LogP contribution in [0.1, 0.15) is 20.2 Å². The number of aryl methyl sites for hydroxylation is 1. The monoisotopic (exact) mass is 494 g/mol. The predicted octanol–water partition coefficient (Wildman–Crippen LogP) is 4.80. The Balaban J connectivity index is 1.42. The van der Waals surface area contributed by atoms with E-state index in [1.165, 1.54) is 59.5 Å². The van der Waals surface area contributed by atoms with E-state index in [2.05, 4.69) is 10.6 Å². The third-order valence-corrected chi connectivity index (χ3v) is 6.00. The highest BCUT2D eigenvalue weighted by atomic mass is 32.1. The molecule has 0 aliphatic carbocycles. The van der Waals surface area contributed by atoms with Gasteiger partial charge in [-0.3, -0.25) is 20.2 Å². The van der Waals surface area contributed by atoms with Crippen molar-refractivity contribution in [3.63, 3.8) is 0 Å². The molecule has 0 atom stereocenters. The SMILES string of the molecule is COC(=O)c1cc2cc(NC(=O)c3cc(NC(=O)Oc4ccc([N+](=O)[O-])cc4)cn3C)ccc2s1. The van der Waals surface area contributed by atoms with Gasteiger partial charge < -0.3 is 19.4 Å². The minimum atomic E-state index is -0.819. The highest BCUT2D eigenvalue weighted by molar-refractivity contribution is 7.20. The number of hydrogen-bond donors (Lipinski definition) is 2. The van der Waals surface area contributed by atoms with Gasteiger partial charge in [-0.25, -0.2) is 9.59 Å². The normalized spacial score (nSPS) is 10.6. The highest BCUT2D eigenvalue weighted by Gasteiger charge is 2.16. The van der Waals surface area contributed by atoms with Crippen molar-refractivity contribution in [1.82, 2.24) is 4.57 Å². The van der Waals surface area contributed by atoms with E-state index in [1.54, 1.807) is 31.3 Å². The molecule has 2 N–H and O–H groups in total. The fourth-order valence-corrected chi connectivity index (χ4v) is 4.22. The summed E-state index contributed by atoms with van der Waals surface area (Å²) >= 11 is 1.29. The lowest BCUT2D eigenvalue weighted by atomic mass is 10.2. The molecule has 0 spiro atoms. The van der Waals surface area contributed by atoms with E-state index in [4.69, 9.17) is 9.47 Å². The third kappa shape index (κ3) is 5.28. The number of hydrogen-bond acceptors (Lipinski definition) is 8. The van der Waals surface area contributed by atoms with Crippen LogP contribution in [0.2, 0.25) is 0 Å². The average Bonchev–Trinajstić information content (AvgIpc) is 3.41. The van der Waals surface area contributed by atoms with Crippen LogP contribution in [0, 0.1) is 10.1 Å². The number of nitro groups is 1. The summed E-state index contributed by atoms with van der Waals surface area (Å²) in [4.78, 5) is 47.3. The van der Waals surface area contributed by atoms with Crippen LogP contribution in [0.5, 0.6) is 5.75 Å². The molecule has 35 heavy (non-hydrogen) atoms. The van der Waals surface area contributed by atoms with E-state index in [0.29, 0.717) is 16.3 Å². The van der Waals surface area contributed by atoms with Gasteiger partial charge in [0, 0.05) is 35.8 Å². The van der Waals surface area contributed by atoms with Crippen LogP contribution in [0.25, 0.3) is 10.1 Å². The van der Waals surface area contributed by atoms with Crippen LogP contribution >= 0.6 is 11.3 Å². The van der Waals surface area contributed by atoms with Crippen molar-refractivity contribution in [3.05, 3.63) is 81.5 Å². The predicted molar refractivity (Wildman–Crippen MR) is 129 cm³/mol. The molecular weight excluding hydrogens is 476 g/mol. The summed E-state index contributed by atoms with van der Waals surface area (Å²) in [6.07, 6.45) is 0.720. The molecule has 0 saturated carbocycles. The molecule has 12 heteroatoms. The first kappa shape index (κ1) is 23.4. The Kier molecular flexibility index (Phi) is 6.46. The number of amides is 2. The summed E-state index contributed by atoms with van der Waals surface area (Å²) in [6, 6.07) is 13.5. The molecular formula is C23H18N4O7S. The fourth-order valence-electron chi connectivity index (χ4n) is 3.26. The van der Waals surface area contributed by atoms with Gasteiger partial charge in [0.2, 0.25) is 0 Å². The maximum Gasteiger partial charge on any atom is 0.417 e. The summed E-state index contributed by atoms with van der Waals surface area (Å²) in [5, 5.41) is 16.8. The highest BCUT2D eigenvalue weighted by Crippen LogP contribution is 2.29. The number of nitrogens with one attached hydrogen (secondary N) is 2. The number of esters is 1. The summed E-state index contributed by atoms with van der Waals surface area (Å²) in [7, 11) is 2.96. The lowest BCUT2D eigenvalue weighted by molar-refractivity contribution is -0.384. The second kappa shape index (κ2) is 9.65. The molecule has 11 nitrogen and oxygen atoms in total. The van der Waals surface area contributed by atoms with Gasteiger partial charge in [0.25, 0.3) is 11.6 Å². The maximum absolute atomic E-state index is 12.8.